The van der Waals surface area contributed by atoms with Crippen molar-refractivity contribution in [3.8, 4) is 0 Å². The van der Waals surface area contributed by atoms with Crippen LogP contribution in [0.2, 0.25) is 0 Å². The van der Waals surface area contributed by atoms with Crippen LogP contribution in [0.3, 0.4) is 0 Å². The zero-order valence-electron chi connectivity index (χ0n) is 8.33. The number of fused-ring (bicyclic) bond motifs is 3. The third-order valence-corrected chi connectivity index (χ3v) is 3.39. The van der Waals surface area contributed by atoms with Crippen LogP contribution in [0, 0.1) is 5.82 Å². The first kappa shape index (κ1) is 11.5. The molecule has 0 amide bonds. The van der Waals surface area contributed by atoms with Gasteiger partial charge >= 0.3 is 11.1 Å². The van der Waals surface area contributed by atoms with Crippen molar-refractivity contribution in [2.45, 2.75) is 0 Å². The number of hydrogen-bond acceptors (Lipinski definition) is 3. The third-order valence-electron chi connectivity index (χ3n) is 2.32. The summed E-state index contributed by atoms with van der Waals surface area (Å²) in [6.45, 7) is 0. The van der Waals surface area contributed by atoms with Gasteiger partial charge in [-0.3, -0.25) is 9.59 Å². The molecule has 4 N–H and O–H groups in total. The average molecular weight is 254 g/mol. The summed E-state index contributed by atoms with van der Waals surface area (Å²) >= 11 is 1.23. The normalized spacial score (nSPS) is 10.6. The Balaban J connectivity index is 0.00000108. The van der Waals surface area contributed by atoms with Crippen LogP contribution in [-0.4, -0.2) is 15.4 Å². The summed E-state index contributed by atoms with van der Waals surface area (Å²) < 4.78 is 13.7. The van der Waals surface area contributed by atoms with Crippen LogP contribution >= 0.6 is 11.3 Å². The smallest absolute Gasteiger partial charge is 0.314 e. The minimum Gasteiger partial charge on any atom is -0.412 e. The van der Waals surface area contributed by atoms with Gasteiger partial charge in [-0.15, -0.1) is 11.3 Å². The van der Waals surface area contributed by atoms with Crippen molar-refractivity contribution < 1.29 is 9.87 Å². The predicted molar refractivity (Wildman–Crippen MR) is 64.1 cm³/mol. The second kappa shape index (κ2) is 3.79. The Morgan fingerprint density at radius 1 is 1.12 bits per heavy atom. The van der Waals surface area contributed by atoms with Crippen molar-refractivity contribution in [3.63, 3.8) is 0 Å². The first-order valence-corrected chi connectivity index (χ1v) is 5.31. The molecule has 7 heteroatoms. The lowest BCUT2D eigenvalue weighted by Crippen LogP contribution is -2.28. The van der Waals surface area contributed by atoms with Crippen molar-refractivity contribution in [2.24, 2.45) is 0 Å². The highest BCUT2D eigenvalue weighted by Gasteiger charge is 2.08. The van der Waals surface area contributed by atoms with E-state index in [0.29, 0.717) is 15.0 Å². The SMILES string of the molecule is O.O=c1[nH]c2sc3cc(F)ccc3c2[nH]c1=O. The molecular weight excluding hydrogens is 247 g/mol. The minimum atomic E-state index is -0.698. The highest BCUT2D eigenvalue weighted by atomic mass is 32.1. The molecule has 0 fully saturated rings. The molecule has 0 aliphatic rings. The van der Waals surface area contributed by atoms with Crippen LogP contribution in [0.25, 0.3) is 20.4 Å². The van der Waals surface area contributed by atoms with Gasteiger partial charge in [-0.05, 0) is 18.2 Å². The third kappa shape index (κ3) is 1.65. The Kier molecular flexibility index (Phi) is 2.56. The van der Waals surface area contributed by atoms with Crippen LogP contribution in [0.1, 0.15) is 0 Å². The molecule has 0 saturated carbocycles. The van der Waals surface area contributed by atoms with Crippen LogP contribution in [0.15, 0.2) is 27.8 Å². The maximum Gasteiger partial charge on any atom is 0.314 e. The molecule has 88 valence electrons. The fraction of sp³-hybridized carbons (Fsp3) is 0. The van der Waals surface area contributed by atoms with Gasteiger partial charge in [0.25, 0.3) is 0 Å². The molecule has 17 heavy (non-hydrogen) atoms. The first-order chi connectivity index (χ1) is 7.65. The number of H-pyrrole nitrogens is 2. The molecule has 3 rings (SSSR count). The fourth-order valence-electron chi connectivity index (χ4n) is 1.61. The van der Waals surface area contributed by atoms with Gasteiger partial charge in [0, 0.05) is 10.1 Å². The molecule has 1 aromatic carbocycles. The summed E-state index contributed by atoms with van der Waals surface area (Å²) in [5, 5.41) is 0.731. The quantitative estimate of drug-likeness (QED) is 0.579. The Morgan fingerprint density at radius 2 is 1.82 bits per heavy atom. The molecule has 2 heterocycles. The van der Waals surface area contributed by atoms with Crippen LogP contribution in [0.4, 0.5) is 4.39 Å². The summed E-state index contributed by atoms with van der Waals surface area (Å²) in [6.07, 6.45) is 0. The van der Waals surface area contributed by atoms with Gasteiger partial charge < -0.3 is 15.4 Å². The Hall–Kier alpha value is -1.99. The molecule has 0 bridgehead atoms. The van der Waals surface area contributed by atoms with Gasteiger partial charge in [-0.1, -0.05) is 0 Å². The van der Waals surface area contributed by atoms with Crippen molar-refractivity contribution in [1.29, 1.82) is 0 Å². The van der Waals surface area contributed by atoms with E-state index >= 15 is 0 Å². The topological polar surface area (TPSA) is 97.2 Å². The molecule has 0 spiro atoms. The molecule has 0 atom stereocenters. The summed E-state index contributed by atoms with van der Waals surface area (Å²) in [7, 11) is 0. The Labute approximate surface area is 96.8 Å². The van der Waals surface area contributed by atoms with Crippen LogP contribution < -0.4 is 11.1 Å². The van der Waals surface area contributed by atoms with E-state index in [0.717, 1.165) is 5.39 Å². The van der Waals surface area contributed by atoms with Crippen molar-refractivity contribution in [2.75, 3.05) is 0 Å². The van der Waals surface area contributed by atoms with Crippen molar-refractivity contribution in [3.05, 3.63) is 44.7 Å². The maximum atomic E-state index is 13.0. The standard InChI is InChI=1S/C10H5FN2O2S.H2O/c11-4-1-2-5-6(3-4)16-10-7(5)12-8(14)9(15)13-10;/h1-3H,(H,12,14)(H,13,15);1H2. The lowest BCUT2D eigenvalue weighted by molar-refractivity contribution is 0.630. The monoisotopic (exact) mass is 254 g/mol. The number of thiophene rings is 1. The molecular formula is C10H7FN2O3S. The highest BCUT2D eigenvalue weighted by Crippen LogP contribution is 2.30. The van der Waals surface area contributed by atoms with Gasteiger partial charge in [0.1, 0.15) is 10.6 Å². The highest BCUT2D eigenvalue weighted by molar-refractivity contribution is 7.25. The van der Waals surface area contributed by atoms with Gasteiger partial charge in [-0.25, -0.2) is 4.39 Å². The van der Waals surface area contributed by atoms with E-state index in [1.165, 1.54) is 23.5 Å². The number of halogens is 1. The number of benzene rings is 1. The molecule has 0 saturated heterocycles. The van der Waals surface area contributed by atoms with E-state index in [-0.39, 0.29) is 11.3 Å². The summed E-state index contributed by atoms with van der Waals surface area (Å²) in [6, 6.07) is 4.27. The van der Waals surface area contributed by atoms with Crippen LogP contribution in [-0.2, 0) is 0 Å². The van der Waals surface area contributed by atoms with Crippen molar-refractivity contribution >= 4 is 31.8 Å². The van der Waals surface area contributed by atoms with E-state index < -0.39 is 11.1 Å². The van der Waals surface area contributed by atoms with E-state index in [4.69, 9.17) is 0 Å². The Morgan fingerprint density at radius 3 is 2.59 bits per heavy atom. The van der Waals surface area contributed by atoms with E-state index in [2.05, 4.69) is 9.97 Å². The first-order valence-electron chi connectivity index (χ1n) is 4.49. The molecule has 0 unspecified atom stereocenters. The number of aromatic nitrogens is 2. The van der Waals surface area contributed by atoms with E-state index in [9.17, 15) is 14.0 Å². The number of hydrogen-bond donors (Lipinski definition) is 2. The molecule has 0 aliphatic heterocycles. The van der Waals surface area contributed by atoms with E-state index in [1.54, 1.807) is 6.07 Å². The molecule has 0 aliphatic carbocycles. The van der Waals surface area contributed by atoms with Gasteiger partial charge in [0.15, 0.2) is 0 Å². The number of nitrogens with one attached hydrogen (secondary N) is 2. The largest absolute Gasteiger partial charge is 0.412 e. The second-order valence-corrected chi connectivity index (χ2v) is 4.41. The zero-order chi connectivity index (χ0) is 11.3. The van der Waals surface area contributed by atoms with Gasteiger partial charge in [0.05, 0.1) is 5.52 Å². The Bertz CT molecular complexity index is 818. The fourth-order valence-corrected chi connectivity index (χ4v) is 2.69. The summed E-state index contributed by atoms with van der Waals surface area (Å²) in [5.74, 6) is -0.344. The number of aromatic amines is 2. The van der Waals surface area contributed by atoms with Crippen LogP contribution in [0.5, 0.6) is 0 Å². The predicted octanol–water partition coefficient (Wildman–Crippen LogP) is 0.745. The second-order valence-electron chi connectivity index (χ2n) is 3.35. The lowest BCUT2D eigenvalue weighted by atomic mass is 10.2. The number of rotatable bonds is 0. The van der Waals surface area contributed by atoms with E-state index in [1.807, 2.05) is 0 Å². The lowest BCUT2D eigenvalue weighted by Gasteiger charge is -1.90. The van der Waals surface area contributed by atoms with Gasteiger partial charge in [0.2, 0.25) is 0 Å². The summed E-state index contributed by atoms with van der Waals surface area (Å²) in [4.78, 5) is 27.8. The van der Waals surface area contributed by atoms with Crippen molar-refractivity contribution in [1.82, 2.24) is 9.97 Å². The van der Waals surface area contributed by atoms with Gasteiger partial charge in [-0.2, -0.15) is 0 Å². The maximum absolute atomic E-state index is 13.0. The zero-order valence-corrected chi connectivity index (χ0v) is 9.15. The molecule has 3 aromatic rings. The minimum absolute atomic E-state index is 0. The molecule has 5 nitrogen and oxygen atoms in total. The average Bonchev–Trinajstić information content (AvgIpc) is 2.55. The molecule has 2 aromatic heterocycles. The molecule has 0 radical (unpaired) electrons. The summed E-state index contributed by atoms with van der Waals surface area (Å²) in [5.41, 5.74) is -0.847.